The van der Waals surface area contributed by atoms with Crippen LogP contribution in [0, 0.1) is 0 Å². The molecule has 1 heterocycles. The van der Waals surface area contributed by atoms with Crippen LogP contribution in [0.1, 0.15) is 0 Å². The van der Waals surface area contributed by atoms with Crippen LogP contribution in [0.15, 0.2) is 29.2 Å². The van der Waals surface area contributed by atoms with E-state index in [1.807, 2.05) is 28.2 Å². The lowest BCUT2D eigenvalue weighted by atomic mass is 10.4. The van der Waals surface area contributed by atoms with Gasteiger partial charge >= 0.3 is 0 Å². The first-order valence-electron chi connectivity index (χ1n) is 7.79. The normalized spacial score (nSPS) is 11.3. The molecule has 0 aliphatic rings. The monoisotopic (exact) mass is 399 g/mol. The Morgan fingerprint density at radius 2 is 1.46 bits per heavy atom. The third-order valence-electron chi connectivity index (χ3n) is 3.24. The molecule has 1 aromatic heterocycles. The smallest absolute Gasteiger partial charge is 0.240 e. The largest absolute Gasteiger partial charge is 0.353 e. The molecule has 0 aliphatic carbocycles. The Morgan fingerprint density at radius 3 is 1.96 bits per heavy atom. The van der Waals surface area contributed by atoms with E-state index in [9.17, 15) is 8.42 Å². The van der Waals surface area contributed by atoms with Crippen LogP contribution in [0.2, 0.25) is 5.02 Å². The van der Waals surface area contributed by atoms with Crippen molar-refractivity contribution in [2.45, 2.75) is 4.90 Å². The molecule has 26 heavy (non-hydrogen) atoms. The number of nitrogens with zero attached hydrogens (tertiary/aromatic N) is 5. The topological polar surface area (TPSA) is 103 Å². The van der Waals surface area contributed by atoms with E-state index in [1.54, 1.807) is 9.80 Å². The van der Waals surface area contributed by atoms with Gasteiger partial charge in [0.1, 0.15) is 0 Å². The van der Waals surface area contributed by atoms with E-state index >= 15 is 0 Å². The Labute approximate surface area is 158 Å². The van der Waals surface area contributed by atoms with Crippen molar-refractivity contribution in [3.63, 3.8) is 0 Å². The third kappa shape index (κ3) is 5.41. The van der Waals surface area contributed by atoms with E-state index in [0.717, 1.165) is 0 Å². The summed E-state index contributed by atoms with van der Waals surface area (Å²) in [6.45, 7) is 0.488. The predicted octanol–water partition coefficient (Wildman–Crippen LogP) is 1.05. The Bertz CT molecular complexity index is 815. The second-order valence-corrected chi connectivity index (χ2v) is 8.03. The van der Waals surface area contributed by atoms with Crippen LogP contribution >= 0.6 is 11.6 Å². The number of halogens is 1. The van der Waals surface area contributed by atoms with E-state index in [0.29, 0.717) is 29.4 Å². The van der Waals surface area contributed by atoms with E-state index in [4.69, 9.17) is 11.6 Å². The average Bonchev–Trinajstić information content (AvgIpc) is 2.58. The number of sulfonamides is 1. The highest BCUT2D eigenvalue weighted by molar-refractivity contribution is 7.89. The number of hydrogen-bond acceptors (Lipinski definition) is 8. The van der Waals surface area contributed by atoms with Crippen molar-refractivity contribution in [3.05, 3.63) is 29.3 Å². The zero-order valence-electron chi connectivity index (χ0n) is 15.1. The molecule has 1 aromatic carbocycles. The van der Waals surface area contributed by atoms with Gasteiger partial charge in [-0.1, -0.05) is 11.6 Å². The summed E-state index contributed by atoms with van der Waals surface area (Å²) >= 11 is 5.78. The summed E-state index contributed by atoms with van der Waals surface area (Å²) in [5.74, 6) is 1.39. The molecular weight excluding hydrogens is 378 g/mol. The second-order valence-electron chi connectivity index (χ2n) is 5.83. The van der Waals surface area contributed by atoms with Crippen molar-refractivity contribution >= 4 is 39.5 Å². The van der Waals surface area contributed by atoms with Gasteiger partial charge < -0.3 is 15.1 Å². The molecule has 0 aliphatic heterocycles. The minimum atomic E-state index is -3.59. The highest BCUT2D eigenvalue weighted by Crippen LogP contribution is 2.14. The van der Waals surface area contributed by atoms with Gasteiger partial charge in [-0.15, -0.1) is 0 Å². The van der Waals surface area contributed by atoms with Gasteiger partial charge in [-0.25, -0.2) is 13.1 Å². The molecule has 0 amide bonds. The van der Waals surface area contributed by atoms with Crippen molar-refractivity contribution in [1.82, 2.24) is 19.7 Å². The summed E-state index contributed by atoms with van der Waals surface area (Å²) in [5.41, 5.74) is 0. The Balaban J connectivity index is 1.98. The first-order chi connectivity index (χ1) is 12.2. The average molecular weight is 400 g/mol. The molecule has 142 valence electrons. The van der Waals surface area contributed by atoms with Crippen molar-refractivity contribution in [3.8, 4) is 0 Å². The SMILES string of the molecule is CN(C)c1nc(NCCNS(=O)(=O)c2ccc(Cl)cc2)nc(N(C)C)n1. The molecule has 0 saturated heterocycles. The van der Waals surface area contributed by atoms with Gasteiger partial charge in [-0.05, 0) is 24.3 Å². The van der Waals surface area contributed by atoms with Gasteiger partial charge in [0.15, 0.2) is 0 Å². The van der Waals surface area contributed by atoms with Crippen LogP contribution in [-0.4, -0.2) is 64.6 Å². The zero-order valence-corrected chi connectivity index (χ0v) is 16.6. The molecule has 9 nitrogen and oxygen atoms in total. The minimum Gasteiger partial charge on any atom is -0.353 e. The van der Waals surface area contributed by atoms with Gasteiger partial charge in [-0.3, -0.25) is 0 Å². The fourth-order valence-electron chi connectivity index (χ4n) is 1.89. The molecule has 11 heteroatoms. The van der Waals surface area contributed by atoms with Crippen LogP contribution in [0.3, 0.4) is 0 Å². The summed E-state index contributed by atoms with van der Waals surface area (Å²) in [4.78, 5) is 16.6. The minimum absolute atomic E-state index is 0.159. The fourth-order valence-corrected chi connectivity index (χ4v) is 3.05. The van der Waals surface area contributed by atoms with Crippen LogP contribution < -0.4 is 19.8 Å². The molecular formula is C15H22ClN7O2S. The lowest BCUT2D eigenvalue weighted by molar-refractivity contribution is 0.583. The quantitative estimate of drug-likeness (QED) is 0.635. The van der Waals surface area contributed by atoms with Gasteiger partial charge in [0.25, 0.3) is 0 Å². The molecule has 0 bridgehead atoms. The number of rotatable bonds is 8. The standard InChI is InChI=1S/C15H22ClN7O2S/c1-22(2)14-19-13(20-15(21-14)23(3)4)17-9-10-18-26(24,25)12-7-5-11(16)6-8-12/h5-8,18H,9-10H2,1-4H3,(H,17,19,20,21). The van der Waals surface area contributed by atoms with Crippen molar-refractivity contribution in [2.24, 2.45) is 0 Å². The second kappa shape index (κ2) is 8.47. The summed E-state index contributed by atoms with van der Waals surface area (Å²) in [6.07, 6.45) is 0. The maximum atomic E-state index is 12.2. The van der Waals surface area contributed by atoms with E-state index in [1.165, 1.54) is 24.3 Å². The van der Waals surface area contributed by atoms with Gasteiger partial charge in [0.05, 0.1) is 4.90 Å². The number of nitrogens with one attached hydrogen (secondary N) is 2. The summed E-state index contributed by atoms with van der Waals surface area (Å²) in [6, 6.07) is 5.98. The maximum Gasteiger partial charge on any atom is 0.240 e. The summed E-state index contributed by atoms with van der Waals surface area (Å²) in [5, 5.41) is 3.49. The highest BCUT2D eigenvalue weighted by Gasteiger charge is 2.13. The molecule has 0 spiro atoms. The fraction of sp³-hybridized carbons (Fsp3) is 0.400. The molecule has 0 fully saturated rings. The maximum absolute atomic E-state index is 12.2. The van der Waals surface area contributed by atoms with Crippen LogP contribution in [0.25, 0.3) is 0 Å². The lowest BCUT2D eigenvalue weighted by Gasteiger charge is -2.16. The highest BCUT2D eigenvalue weighted by atomic mass is 35.5. The first kappa shape index (κ1) is 20.1. The van der Waals surface area contributed by atoms with Crippen molar-refractivity contribution in [2.75, 3.05) is 56.4 Å². The van der Waals surface area contributed by atoms with Crippen LogP contribution in [0.4, 0.5) is 17.8 Å². The molecule has 0 radical (unpaired) electrons. The van der Waals surface area contributed by atoms with E-state index in [2.05, 4.69) is 25.0 Å². The van der Waals surface area contributed by atoms with Crippen LogP contribution in [0.5, 0.6) is 0 Å². The molecule has 0 unspecified atom stereocenters. The molecule has 2 rings (SSSR count). The lowest BCUT2D eigenvalue weighted by Crippen LogP contribution is -2.29. The van der Waals surface area contributed by atoms with Gasteiger partial charge in [-0.2, -0.15) is 15.0 Å². The summed E-state index contributed by atoms with van der Waals surface area (Å²) in [7, 11) is 3.74. The molecule has 2 aromatic rings. The Morgan fingerprint density at radius 1 is 0.923 bits per heavy atom. The van der Waals surface area contributed by atoms with Crippen molar-refractivity contribution < 1.29 is 8.42 Å². The van der Waals surface area contributed by atoms with Crippen molar-refractivity contribution in [1.29, 1.82) is 0 Å². The predicted molar refractivity (Wildman–Crippen MR) is 104 cm³/mol. The number of hydrogen-bond donors (Lipinski definition) is 2. The first-order valence-corrected chi connectivity index (χ1v) is 9.65. The number of anilines is 3. The molecule has 0 saturated carbocycles. The Hall–Kier alpha value is -2.17. The van der Waals surface area contributed by atoms with E-state index in [-0.39, 0.29) is 11.4 Å². The van der Waals surface area contributed by atoms with E-state index < -0.39 is 10.0 Å². The number of aromatic nitrogens is 3. The van der Waals surface area contributed by atoms with Crippen LogP contribution in [-0.2, 0) is 10.0 Å². The third-order valence-corrected chi connectivity index (χ3v) is 4.96. The zero-order chi connectivity index (χ0) is 19.3. The Kier molecular flexibility index (Phi) is 6.57. The number of benzene rings is 1. The van der Waals surface area contributed by atoms with Gasteiger partial charge in [0.2, 0.25) is 27.9 Å². The molecule has 0 atom stereocenters. The molecule has 2 N–H and O–H groups in total. The van der Waals surface area contributed by atoms with Gasteiger partial charge in [0, 0.05) is 46.3 Å². The summed E-state index contributed by atoms with van der Waals surface area (Å²) < 4.78 is 26.9.